The molecule has 4 aromatic rings. The molecule has 34 heavy (non-hydrogen) atoms. The van der Waals surface area contributed by atoms with Crippen molar-refractivity contribution in [3.8, 4) is 5.75 Å². The third-order valence-corrected chi connectivity index (χ3v) is 5.08. The molecule has 0 aliphatic heterocycles. The highest BCUT2D eigenvalue weighted by molar-refractivity contribution is 5.94. The van der Waals surface area contributed by atoms with Crippen molar-refractivity contribution in [3.63, 3.8) is 0 Å². The molecule has 0 aliphatic carbocycles. The summed E-state index contributed by atoms with van der Waals surface area (Å²) >= 11 is 0. The van der Waals surface area contributed by atoms with Gasteiger partial charge in [-0.25, -0.2) is 5.43 Å². The molecule has 0 unspecified atom stereocenters. The van der Waals surface area contributed by atoms with Crippen molar-refractivity contribution >= 4 is 34.7 Å². The number of benzene rings is 4. The average molecular weight is 451 g/mol. The molecule has 0 atom stereocenters. The van der Waals surface area contributed by atoms with E-state index in [2.05, 4.69) is 16.6 Å². The lowest BCUT2D eigenvalue weighted by molar-refractivity contribution is -0.385. The van der Waals surface area contributed by atoms with Gasteiger partial charge < -0.3 is 4.74 Å². The monoisotopic (exact) mass is 451 g/mol. The zero-order chi connectivity index (χ0) is 23.8. The van der Waals surface area contributed by atoms with Crippen LogP contribution in [0.3, 0.4) is 0 Å². The topological polar surface area (TPSA) is 93.8 Å². The Bertz CT molecular complexity index is 1380. The van der Waals surface area contributed by atoms with Gasteiger partial charge in [-0.3, -0.25) is 14.9 Å². The van der Waals surface area contributed by atoms with Crippen molar-refractivity contribution < 1.29 is 14.5 Å². The summed E-state index contributed by atoms with van der Waals surface area (Å²) in [5.41, 5.74) is 4.27. The second-order valence-corrected chi connectivity index (χ2v) is 7.39. The lowest BCUT2D eigenvalue weighted by atomic mass is 10.1. The van der Waals surface area contributed by atoms with E-state index < -0.39 is 4.92 Å². The zero-order valence-corrected chi connectivity index (χ0v) is 18.1. The van der Waals surface area contributed by atoms with Crippen LogP contribution in [-0.2, 0) is 6.61 Å². The first-order chi connectivity index (χ1) is 16.6. The molecule has 0 heterocycles. The maximum absolute atomic E-state index is 12.3. The van der Waals surface area contributed by atoms with Crippen LogP contribution in [0.4, 0.5) is 5.69 Å². The van der Waals surface area contributed by atoms with Crippen molar-refractivity contribution in [3.05, 3.63) is 124 Å². The second-order valence-electron chi connectivity index (χ2n) is 7.39. The number of para-hydroxylation sites is 1. The summed E-state index contributed by atoms with van der Waals surface area (Å²) in [4.78, 5) is 22.8. The Morgan fingerprint density at radius 3 is 2.47 bits per heavy atom. The van der Waals surface area contributed by atoms with Crippen LogP contribution in [0.2, 0.25) is 0 Å². The van der Waals surface area contributed by atoms with Gasteiger partial charge in [0, 0.05) is 17.8 Å². The normalized spacial score (nSPS) is 11.2. The van der Waals surface area contributed by atoms with E-state index in [4.69, 9.17) is 4.74 Å². The first-order valence-corrected chi connectivity index (χ1v) is 10.5. The molecule has 0 saturated carbocycles. The van der Waals surface area contributed by atoms with Crippen LogP contribution in [0.15, 0.2) is 102 Å². The van der Waals surface area contributed by atoms with Gasteiger partial charge in [0.15, 0.2) is 0 Å². The molecule has 0 aromatic heterocycles. The van der Waals surface area contributed by atoms with Crippen LogP contribution in [0.5, 0.6) is 5.75 Å². The van der Waals surface area contributed by atoms with Crippen LogP contribution in [0, 0.1) is 10.1 Å². The van der Waals surface area contributed by atoms with Gasteiger partial charge in [0.05, 0.1) is 10.5 Å². The number of nitrogens with one attached hydrogen (secondary N) is 1. The third-order valence-electron chi connectivity index (χ3n) is 5.08. The Hall–Kier alpha value is -4.78. The largest absolute Gasteiger partial charge is 0.489 e. The average Bonchev–Trinajstić information content (AvgIpc) is 2.87. The molecule has 0 fully saturated rings. The minimum atomic E-state index is -0.449. The van der Waals surface area contributed by atoms with E-state index >= 15 is 0 Å². The Balaban J connectivity index is 1.29. The minimum Gasteiger partial charge on any atom is -0.489 e. The summed E-state index contributed by atoms with van der Waals surface area (Å²) in [6.07, 6.45) is 4.44. The first-order valence-electron chi connectivity index (χ1n) is 10.5. The number of amides is 1. The van der Waals surface area contributed by atoms with Gasteiger partial charge in [-0.2, -0.15) is 5.10 Å². The highest BCUT2D eigenvalue weighted by Gasteiger charge is 2.09. The highest BCUT2D eigenvalue weighted by atomic mass is 16.6. The third kappa shape index (κ3) is 5.72. The molecule has 168 valence electrons. The number of rotatable bonds is 8. The summed E-state index contributed by atoms with van der Waals surface area (Å²) in [6.45, 7) is 0.384. The van der Waals surface area contributed by atoms with Crippen molar-refractivity contribution in [2.24, 2.45) is 5.10 Å². The van der Waals surface area contributed by atoms with E-state index in [0.29, 0.717) is 17.7 Å². The quantitative estimate of drug-likeness (QED) is 0.209. The first kappa shape index (κ1) is 22.4. The van der Waals surface area contributed by atoms with E-state index in [1.807, 2.05) is 48.5 Å². The number of ether oxygens (including phenoxy) is 1. The van der Waals surface area contributed by atoms with Crippen LogP contribution < -0.4 is 10.2 Å². The van der Waals surface area contributed by atoms with E-state index in [1.165, 1.54) is 18.4 Å². The fraction of sp³-hybridized carbons (Fsp3) is 0.0370. The SMILES string of the molecule is O=C(NN=CC=Cc1ccccc1[N+](=O)[O-])c1ccc(COc2ccc3ccccc3c2)cc1. The van der Waals surface area contributed by atoms with Gasteiger partial charge >= 0.3 is 0 Å². The van der Waals surface area contributed by atoms with Gasteiger partial charge in [0.25, 0.3) is 11.6 Å². The smallest absolute Gasteiger partial charge is 0.276 e. The predicted octanol–water partition coefficient (Wildman–Crippen LogP) is 5.76. The number of nitro groups is 1. The molecule has 1 amide bonds. The molecular weight excluding hydrogens is 430 g/mol. The second kappa shape index (κ2) is 10.7. The number of carbonyl (C=O) groups is 1. The molecule has 4 aromatic carbocycles. The lowest BCUT2D eigenvalue weighted by Gasteiger charge is -2.08. The van der Waals surface area contributed by atoms with Crippen molar-refractivity contribution in [1.29, 1.82) is 0 Å². The maximum Gasteiger partial charge on any atom is 0.276 e. The van der Waals surface area contributed by atoms with E-state index in [9.17, 15) is 14.9 Å². The minimum absolute atomic E-state index is 0.000806. The van der Waals surface area contributed by atoms with Crippen LogP contribution in [-0.4, -0.2) is 17.0 Å². The summed E-state index contributed by atoms with van der Waals surface area (Å²) in [5, 5.41) is 17.1. The fourth-order valence-electron chi connectivity index (χ4n) is 3.32. The lowest BCUT2D eigenvalue weighted by Crippen LogP contribution is -2.17. The van der Waals surface area contributed by atoms with Crippen molar-refractivity contribution in [1.82, 2.24) is 5.43 Å². The molecule has 1 N–H and O–H groups in total. The molecule has 0 radical (unpaired) electrons. The number of fused-ring (bicyclic) bond motifs is 1. The van der Waals surface area contributed by atoms with Crippen LogP contribution in [0.1, 0.15) is 21.5 Å². The van der Waals surface area contributed by atoms with E-state index in [0.717, 1.165) is 22.1 Å². The summed E-state index contributed by atoms with van der Waals surface area (Å²) in [5.74, 6) is 0.418. The number of carbonyl (C=O) groups excluding carboxylic acids is 1. The van der Waals surface area contributed by atoms with Crippen molar-refractivity contribution in [2.45, 2.75) is 6.61 Å². The van der Waals surface area contributed by atoms with Gasteiger partial charge in [-0.15, -0.1) is 0 Å². The standard InChI is InChI=1S/C27H21N3O4/c31-27(29-28-17-5-9-22-7-3-4-10-26(22)30(32)33)23-13-11-20(12-14-23)19-34-25-16-15-21-6-1-2-8-24(21)18-25/h1-18H,19H2,(H,29,31). The molecule has 7 nitrogen and oxygen atoms in total. The molecule has 0 spiro atoms. The number of nitrogens with zero attached hydrogens (tertiary/aromatic N) is 2. The number of allylic oxidation sites excluding steroid dienone is 1. The zero-order valence-electron chi connectivity index (χ0n) is 18.1. The highest BCUT2D eigenvalue weighted by Crippen LogP contribution is 2.21. The number of nitro benzene ring substituents is 1. The van der Waals surface area contributed by atoms with Crippen molar-refractivity contribution in [2.75, 3.05) is 0 Å². The summed E-state index contributed by atoms with van der Waals surface area (Å²) < 4.78 is 5.88. The number of hydrogen-bond donors (Lipinski definition) is 1. The maximum atomic E-state index is 12.3. The summed E-state index contributed by atoms with van der Waals surface area (Å²) in [7, 11) is 0. The van der Waals surface area contributed by atoms with E-state index in [-0.39, 0.29) is 11.6 Å². The Morgan fingerprint density at radius 1 is 0.941 bits per heavy atom. The van der Waals surface area contributed by atoms with E-state index in [1.54, 1.807) is 36.4 Å². The Kier molecular flexibility index (Phi) is 7.05. The Labute approximate surface area is 196 Å². The van der Waals surface area contributed by atoms with Gasteiger partial charge in [-0.05, 0) is 58.8 Å². The van der Waals surface area contributed by atoms with Gasteiger partial charge in [0.2, 0.25) is 0 Å². The molecule has 0 aliphatic rings. The molecule has 0 bridgehead atoms. The van der Waals surface area contributed by atoms with Gasteiger partial charge in [-0.1, -0.05) is 54.6 Å². The molecule has 7 heteroatoms. The van der Waals surface area contributed by atoms with Crippen LogP contribution >= 0.6 is 0 Å². The number of hydrazone groups is 1. The van der Waals surface area contributed by atoms with Crippen LogP contribution in [0.25, 0.3) is 16.8 Å². The molecule has 4 rings (SSSR count). The summed E-state index contributed by atoms with van der Waals surface area (Å²) in [6, 6.07) is 27.5. The fourth-order valence-corrected chi connectivity index (χ4v) is 3.32. The predicted molar refractivity (Wildman–Crippen MR) is 133 cm³/mol. The molecular formula is C27H21N3O4. The Morgan fingerprint density at radius 2 is 1.68 bits per heavy atom. The molecule has 0 saturated heterocycles. The van der Waals surface area contributed by atoms with Gasteiger partial charge in [0.1, 0.15) is 12.4 Å². The number of hydrogen-bond acceptors (Lipinski definition) is 5.